The number of hydrogen-bond donors (Lipinski definition) is 1. The van der Waals surface area contributed by atoms with Crippen LogP contribution in [0.15, 0.2) is 48.5 Å². The molecule has 0 saturated carbocycles. The molecular formula is C21H20FIN2O3. The first-order valence-electron chi connectivity index (χ1n) is 8.68. The van der Waals surface area contributed by atoms with E-state index in [1.165, 1.54) is 6.07 Å². The first-order valence-corrected chi connectivity index (χ1v) is 9.76. The summed E-state index contributed by atoms with van der Waals surface area (Å²) in [4.78, 5) is 16.5. The quantitative estimate of drug-likeness (QED) is 0.459. The van der Waals surface area contributed by atoms with Gasteiger partial charge in [0.1, 0.15) is 23.8 Å². The fourth-order valence-electron chi connectivity index (χ4n) is 2.55. The minimum absolute atomic E-state index is 0.247. The Kier molecular flexibility index (Phi) is 6.02. The van der Waals surface area contributed by atoms with Crippen molar-refractivity contribution < 1.29 is 18.7 Å². The van der Waals surface area contributed by atoms with Gasteiger partial charge in [-0.2, -0.15) is 4.98 Å². The first kappa shape index (κ1) is 20.3. The number of rotatable bonds is 4. The molecule has 0 unspecified atom stereocenters. The molecule has 2 aromatic carbocycles. The summed E-state index contributed by atoms with van der Waals surface area (Å²) in [5, 5.41) is 3.88. The van der Waals surface area contributed by atoms with Crippen molar-refractivity contribution in [2.75, 3.05) is 5.32 Å². The molecule has 146 valence electrons. The molecule has 0 saturated heterocycles. The number of halogens is 2. The first-order chi connectivity index (χ1) is 13.2. The van der Waals surface area contributed by atoms with E-state index in [-0.39, 0.29) is 24.1 Å². The molecule has 0 atom stereocenters. The minimum atomic E-state index is -0.633. The molecule has 1 N–H and O–H groups in total. The minimum Gasteiger partial charge on any atom is -0.472 e. The molecule has 5 nitrogen and oxygen atoms in total. The normalized spacial score (nSPS) is 11.3. The van der Waals surface area contributed by atoms with Crippen molar-refractivity contribution >= 4 is 45.3 Å². The molecule has 1 amide bonds. The fraction of sp³-hybridized carbons (Fsp3) is 0.238. The van der Waals surface area contributed by atoms with Gasteiger partial charge < -0.3 is 9.47 Å². The van der Waals surface area contributed by atoms with Gasteiger partial charge in [0, 0.05) is 0 Å². The van der Waals surface area contributed by atoms with Gasteiger partial charge in [-0.3, -0.25) is 5.32 Å². The Morgan fingerprint density at radius 3 is 2.57 bits per heavy atom. The van der Waals surface area contributed by atoms with E-state index < -0.39 is 11.7 Å². The van der Waals surface area contributed by atoms with E-state index in [1.54, 1.807) is 32.9 Å². The summed E-state index contributed by atoms with van der Waals surface area (Å²) in [7, 11) is 0. The maximum atomic E-state index is 14.1. The predicted molar refractivity (Wildman–Crippen MR) is 115 cm³/mol. The Morgan fingerprint density at radius 2 is 1.89 bits per heavy atom. The lowest BCUT2D eigenvalue weighted by molar-refractivity contribution is 0.0635. The molecule has 1 heterocycles. The molecule has 28 heavy (non-hydrogen) atoms. The highest BCUT2D eigenvalue weighted by molar-refractivity contribution is 14.1. The molecule has 1 aromatic heterocycles. The number of ether oxygens (including phenoxy) is 2. The average molecular weight is 494 g/mol. The zero-order chi connectivity index (χ0) is 20.3. The van der Waals surface area contributed by atoms with Crippen molar-refractivity contribution in [1.82, 2.24) is 4.98 Å². The predicted octanol–water partition coefficient (Wildman–Crippen LogP) is 5.90. The number of fused-ring (bicyclic) bond motifs is 1. The van der Waals surface area contributed by atoms with Crippen LogP contribution < -0.4 is 10.1 Å². The average Bonchev–Trinajstić information content (AvgIpc) is 2.62. The van der Waals surface area contributed by atoms with E-state index in [2.05, 4.69) is 10.3 Å². The Bertz CT molecular complexity index is 1000. The van der Waals surface area contributed by atoms with Crippen molar-refractivity contribution in [3.63, 3.8) is 0 Å². The molecular weight excluding hydrogens is 474 g/mol. The summed E-state index contributed by atoms with van der Waals surface area (Å²) < 4.78 is 25.7. The lowest BCUT2D eigenvalue weighted by Crippen LogP contribution is -2.27. The number of anilines is 1. The van der Waals surface area contributed by atoms with Crippen molar-refractivity contribution in [1.29, 1.82) is 0 Å². The lowest BCUT2D eigenvalue weighted by Gasteiger charge is -2.20. The van der Waals surface area contributed by atoms with E-state index >= 15 is 0 Å². The molecule has 0 bridgehead atoms. The molecule has 0 fully saturated rings. The summed E-state index contributed by atoms with van der Waals surface area (Å²) in [6.45, 7) is 5.60. The summed E-state index contributed by atoms with van der Waals surface area (Å²) in [6.07, 6.45) is -0.620. The van der Waals surface area contributed by atoms with E-state index in [0.29, 0.717) is 14.3 Å². The van der Waals surface area contributed by atoms with Gasteiger partial charge >= 0.3 is 6.09 Å². The van der Waals surface area contributed by atoms with Crippen LogP contribution in [0.3, 0.4) is 0 Å². The molecule has 0 aliphatic heterocycles. The summed E-state index contributed by atoms with van der Waals surface area (Å²) in [6, 6.07) is 14.3. The SMILES string of the molecule is CC(C)(C)OC(=O)Nc1cc2ccc(F)c(I)c2c(OCc2ccccc2)n1. The summed E-state index contributed by atoms with van der Waals surface area (Å²) in [5.74, 6) is 0.163. The number of nitrogens with one attached hydrogen (secondary N) is 1. The second-order valence-corrected chi connectivity index (χ2v) is 8.25. The van der Waals surface area contributed by atoms with Crippen LogP contribution in [0.4, 0.5) is 15.0 Å². The number of carbonyl (C=O) groups is 1. The van der Waals surface area contributed by atoms with Crippen molar-refractivity contribution in [2.24, 2.45) is 0 Å². The monoisotopic (exact) mass is 494 g/mol. The Labute approximate surface area is 176 Å². The smallest absolute Gasteiger partial charge is 0.413 e. The second-order valence-electron chi connectivity index (χ2n) is 7.17. The van der Waals surface area contributed by atoms with Crippen LogP contribution in [0.5, 0.6) is 5.88 Å². The van der Waals surface area contributed by atoms with Gasteiger partial charge in [-0.1, -0.05) is 36.4 Å². The topological polar surface area (TPSA) is 60.5 Å². The highest BCUT2D eigenvalue weighted by atomic mass is 127. The number of nitrogens with zero attached hydrogens (tertiary/aromatic N) is 1. The standard InChI is InChI=1S/C21H20FIN2O3/c1-21(2,3)28-20(26)25-16-11-14-9-10-15(22)18(23)17(14)19(24-16)27-12-13-7-5-4-6-8-13/h4-11H,12H2,1-3H3,(H,24,25,26). The lowest BCUT2D eigenvalue weighted by atomic mass is 10.1. The maximum absolute atomic E-state index is 14.1. The Hall–Kier alpha value is -2.42. The van der Waals surface area contributed by atoms with Crippen LogP contribution in [-0.2, 0) is 11.3 Å². The number of amides is 1. The third kappa shape index (κ3) is 5.09. The van der Waals surface area contributed by atoms with Crippen LogP contribution in [0.25, 0.3) is 10.8 Å². The molecule has 3 aromatic rings. The second kappa shape index (κ2) is 8.30. The Balaban J connectivity index is 1.95. The van der Waals surface area contributed by atoms with Gasteiger partial charge in [-0.25, -0.2) is 9.18 Å². The van der Waals surface area contributed by atoms with Gasteiger partial charge in [-0.05, 0) is 66.4 Å². The molecule has 0 aliphatic carbocycles. The highest BCUT2D eigenvalue weighted by Gasteiger charge is 2.19. The molecule has 0 spiro atoms. The van der Waals surface area contributed by atoms with Gasteiger partial charge in [0.15, 0.2) is 0 Å². The largest absolute Gasteiger partial charge is 0.472 e. The van der Waals surface area contributed by atoms with Crippen molar-refractivity contribution in [3.05, 3.63) is 63.5 Å². The molecule has 0 radical (unpaired) electrons. The number of pyridine rings is 1. The number of benzene rings is 2. The zero-order valence-electron chi connectivity index (χ0n) is 15.8. The van der Waals surface area contributed by atoms with E-state index in [0.717, 1.165) is 5.56 Å². The van der Waals surface area contributed by atoms with Gasteiger partial charge in [0.05, 0.1) is 8.96 Å². The molecule has 7 heteroatoms. The van der Waals surface area contributed by atoms with Crippen molar-refractivity contribution in [3.8, 4) is 5.88 Å². The summed E-state index contributed by atoms with van der Waals surface area (Å²) in [5.41, 5.74) is 0.320. The summed E-state index contributed by atoms with van der Waals surface area (Å²) >= 11 is 1.93. The maximum Gasteiger partial charge on any atom is 0.413 e. The number of carbonyl (C=O) groups excluding carboxylic acids is 1. The van der Waals surface area contributed by atoms with Gasteiger partial charge in [-0.15, -0.1) is 0 Å². The number of hydrogen-bond acceptors (Lipinski definition) is 4. The van der Waals surface area contributed by atoms with E-state index in [4.69, 9.17) is 9.47 Å². The number of aromatic nitrogens is 1. The van der Waals surface area contributed by atoms with E-state index in [1.807, 2.05) is 52.9 Å². The Morgan fingerprint density at radius 1 is 1.18 bits per heavy atom. The van der Waals surface area contributed by atoms with Crippen LogP contribution in [0.2, 0.25) is 0 Å². The highest BCUT2D eigenvalue weighted by Crippen LogP contribution is 2.33. The fourth-order valence-corrected chi connectivity index (χ4v) is 3.27. The van der Waals surface area contributed by atoms with Crippen molar-refractivity contribution in [2.45, 2.75) is 33.0 Å². The van der Waals surface area contributed by atoms with Crippen LogP contribution in [-0.4, -0.2) is 16.7 Å². The van der Waals surface area contributed by atoms with Crippen LogP contribution in [0.1, 0.15) is 26.3 Å². The zero-order valence-corrected chi connectivity index (χ0v) is 17.9. The third-order valence-corrected chi connectivity index (χ3v) is 4.76. The van der Waals surface area contributed by atoms with E-state index in [9.17, 15) is 9.18 Å². The molecule has 0 aliphatic rings. The van der Waals surface area contributed by atoms with Crippen LogP contribution in [0, 0.1) is 9.39 Å². The third-order valence-electron chi connectivity index (χ3n) is 3.70. The van der Waals surface area contributed by atoms with Gasteiger partial charge in [0.2, 0.25) is 5.88 Å². The van der Waals surface area contributed by atoms with Crippen LogP contribution >= 0.6 is 22.6 Å². The van der Waals surface area contributed by atoms with Gasteiger partial charge in [0.25, 0.3) is 0 Å². The molecule has 3 rings (SSSR count).